The minimum absolute atomic E-state index is 0.0443. The van der Waals surface area contributed by atoms with Crippen LogP contribution in [0.15, 0.2) is 66.7 Å². The van der Waals surface area contributed by atoms with Crippen LogP contribution in [0, 0.1) is 0 Å². The first kappa shape index (κ1) is 15.5. The number of nitrogens with zero attached hydrogens (tertiary/aromatic N) is 1. The molecule has 2 aliphatic heterocycles. The summed E-state index contributed by atoms with van der Waals surface area (Å²) in [5.41, 5.74) is 2.37. The molecule has 3 aromatic carbocycles. The third-order valence-corrected chi connectivity index (χ3v) is 6.55. The highest BCUT2D eigenvalue weighted by Crippen LogP contribution is 2.56. The Kier molecular flexibility index (Phi) is 3.18. The van der Waals surface area contributed by atoms with Crippen LogP contribution in [0.5, 0.6) is 0 Å². The van der Waals surface area contributed by atoms with E-state index < -0.39 is 4.87 Å². The number of para-hydroxylation sites is 1. The number of hydrogen-bond donors (Lipinski definition) is 1. The van der Waals surface area contributed by atoms with Gasteiger partial charge in [-0.25, -0.2) is 0 Å². The molecule has 0 saturated carbocycles. The molecular formula is C21H16N2O2S. The topological polar surface area (TPSA) is 49.4 Å². The SMILES string of the molecule is CC1SC2(C(=O)Nc3ccccc32)N(c2ccc3ccccc3c2)C1=O. The van der Waals surface area contributed by atoms with Crippen LogP contribution < -0.4 is 10.2 Å². The molecule has 1 spiro atoms. The summed E-state index contributed by atoms with van der Waals surface area (Å²) >= 11 is 1.41. The molecule has 0 aliphatic carbocycles. The Morgan fingerprint density at radius 3 is 2.54 bits per heavy atom. The van der Waals surface area contributed by atoms with Gasteiger partial charge in [-0.2, -0.15) is 0 Å². The molecule has 1 fully saturated rings. The molecule has 2 unspecified atom stereocenters. The van der Waals surface area contributed by atoms with Gasteiger partial charge in [-0.05, 0) is 35.9 Å². The molecule has 5 heteroatoms. The van der Waals surface area contributed by atoms with E-state index in [1.807, 2.05) is 73.7 Å². The number of thioether (sulfide) groups is 1. The molecule has 5 rings (SSSR count). The fraction of sp³-hybridized carbons (Fsp3) is 0.143. The zero-order valence-electron chi connectivity index (χ0n) is 14.1. The third-order valence-electron chi connectivity index (χ3n) is 5.07. The van der Waals surface area contributed by atoms with Crippen LogP contribution in [0.25, 0.3) is 10.8 Å². The molecule has 0 aromatic heterocycles. The van der Waals surface area contributed by atoms with Gasteiger partial charge < -0.3 is 5.32 Å². The van der Waals surface area contributed by atoms with Crippen molar-refractivity contribution in [2.45, 2.75) is 17.0 Å². The van der Waals surface area contributed by atoms with Gasteiger partial charge in [-0.1, -0.05) is 48.5 Å². The summed E-state index contributed by atoms with van der Waals surface area (Å²) in [6.07, 6.45) is 0. The number of hydrogen-bond acceptors (Lipinski definition) is 3. The van der Waals surface area contributed by atoms with Crippen molar-refractivity contribution in [2.75, 3.05) is 10.2 Å². The average Bonchev–Trinajstić information content (AvgIpc) is 3.09. The quantitative estimate of drug-likeness (QED) is 0.710. The summed E-state index contributed by atoms with van der Waals surface area (Å²) in [4.78, 5) is 26.8. The molecule has 26 heavy (non-hydrogen) atoms. The van der Waals surface area contributed by atoms with Crippen LogP contribution in [-0.4, -0.2) is 17.1 Å². The van der Waals surface area contributed by atoms with E-state index in [1.165, 1.54) is 11.8 Å². The van der Waals surface area contributed by atoms with E-state index in [4.69, 9.17) is 0 Å². The lowest BCUT2D eigenvalue weighted by molar-refractivity contribution is -0.122. The number of nitrogens with one attached hydrogen (secondary N) is 1. The molecule has 3 aromatic rings. The molecule has 2 amide bonds. The van der Waals surface area contributed by atoms with Crippen LogP contribution in [0.2, 0.25) is 0 Å². The van der Waals surface area contributed by atoms with Crippen LogP contribution in [0.4, 0.5) is 11.4 Å². The van der Waals surface area contributed by atoms with Crippen molar-refractivity contribution in [3.8, 4) is 0 Å². The van der Waals surface area contributed by atoms with Crippen molar-refractivity contribution < 1.29 is 9.59 Å². The Balaban J connectivity index is 1.75. The second kappa shape index (κ2) is 5.35. The Hall–Kier alpha value is -2.79. The van der Waals surface area contributed by atoms with Crippen molar-refractivity contribution in [3.63, 3.8) is 0 Å². The summed E-state index contributed by atoms with van der Waals surface area (Å²) in [5, 5.41) is 4.81. The third kappa shape index (κ3) is 1.92. The van der Waals surface area contributed by atoms with Gasteiger partial charge in [0.15, 0.2) is 0 Å². The highest BCUT2D eigenvalue weighted by molar-refractivity contribution is 8.03. The highest BCUT2D eigenvalue weighted by atomic mass is 32.2. The average molecular weight is 360 g/mol. The molecule has 0 bridgehead atoms. The van der Waals surface area contributed by atoms with Crippen molar-refractivity contribution in [3.05, 3.63) is 72.3 Å². The predicted octanol–water partition coefficient (Wildman–Crippen LogP) is 4.11. The van der Waals surface area contributed by atoms with E-state index >= 15 is 0 Å². The maximum Gasteiger partial charge on any atom is 0.266 e. The minimum Gasteiger partial charge on any atom is -0.323 e. The first-order valence-electron chi connectivity index (χ1n) is 8.53. The summed E-state index contributed by atoms with van der Waals surface area (Å²) in [6, 6.07) is 21.5. The largest absolute Gasteiger partial charge is 0.323 e. The van der Waals surface area contributed by atoms with E-state index in [-0.39, 0.29) is 17.1 Å². The van der Waals surface area contributed by atoms with Gasteiger partial charge in [0.05, 0.1) is 5.25 Å². The molecule has 1 N–H and O–H groups in total. The maximum absolute atomic E-state index is 13.1. The van der Waals surface area contributed by atoms with Gasteiger partial charge in [0, 0.05) is 16.9 Å². The zero-order valence-corrected chi connectivity index (χ0v) is 14.9. The maximum atomic E-state index is 13.1. The van der Waals surface area contributed by atoms with E-state index in [0.29, 0.717) is 0 Å². The first-order valence-corrected chi connectivity index (χ1v) is 9.41. The number of carbonyl (C=O) groups excluding carboxylic acids is 2. The van der Waals surface area contributed by atoms with E-state index in [1.54, 1.807) is 4.90 Å². The van der Waals surface area contributed by atoms with Gasteiger partial charge in [0.1, 0.15) is 0 Å². The van der Waals surface area contributed by atoms with Crippen molar-refractivity contribution >= 4 is 45.7 Å². The highest BCUT2D eigenvalue weighted by Gasteiger charge is 2.60. The lowest BCUT2D eigenvalue weighted by Gasteiger charge is -2.32. The Morgan fingerprint density at radius 1 is 0.962 bits per heavy atom. The standard InChI is InChI=1S/C21H16N2O2S/c1-13-19(24)23(16-11-10-14-6-2-3-7-15(14)12-16)21(26-13)17-8-4-5-9-18(17)22-20(21)25/h2-13H,1H3,(H,22,25). The number of benzene rings is 3. The number of anilines is 2. The van der Waals surface area contributed by atoms with Gasteiger partial charge in [0.2, 0.25) is 10.8 Å². The molecule has 128 valence electrons. The van der Waals surface area contributed by atoms with Gasteiger partial charge in [0.25, 0.3) is 5.91 Å². The monoisotopic (exact) mass is 360 g/mol. The normalized spacial score (nSPS) is 24.3. The van der Waals surface area contributed by atoms with E-state index in [0.717, 1.165) is 27.7 Å². The molecular weight excluding hydrogens is 344 g/mol. The van der Waals surface area contributed by atoms with Gasteiger partial charge in [-0.3, -0.25) is 14.5 Å². The van der Waals surface area contributed by atoms with Gasteiger partial charge in [-0.15, -0.1) is 11.8 Å². The number of carbonyl (C=O) groups is 2. The van der Waals surface area contributed by atoms with E-state index in [9.17, 15) is 9.59 Å². The molecule has 4 nitrogen and oxygen atoms in total. The summed E-state index contributed by atoms with van der Waals surface area (Å²) in [5.74, 6) is -0.202. The van der Waals surface area contributed by atoms with Crippen LogP contribution in [-0.2, 0) is 14.5 Å². The van der Waals surface area contributed by atoms with Crippen molar-refractivity contribution in [2.24, 2.45) is 0 Å². The lowest BCUT2D eigenvalue weighted by atomic mass is 10.0. The molecule has 1 saturated heterocycles. The Morgan fingerprint density at radius 2 is 1.69 bits per heavy atom. The fourth-order valence-electron chi connectivity index (χ4n) is 3.88. The van der Waals surface area contributed by atoms with Crippen molar-refractivity contribution in [1.82, 2.24) is 0 Å². The lowest BCUT2D eigenvalue weighted by Crippen LogP contribution is -2.47. The first-order chi connectivity index (χ1) is 12.6. The molecule has 2 heterocycles. The fourth-order valence-corrected chi connectivity index (χ4v) is 5.36. The van der Waals surface area contributed by atoms with Crippen LogP contribution in [0.1, 0.15) is 12.5 Å². The van der Waals surface area contributed by atoms with Gasteiger partial charge >= 0.3 is 0 Å². The predicted molar refractivity (Wildman–Crippen MR) is 105 cm³/mol. The molecule has 2 aliphatic rings. The Bertz CT molecular complexity index is 1080. The number of fused-ring (bicyclic) bond motifs is 3. The van der Waals surface area contributed by atoms with Crippen molar-refractivity contribution in [1.29, 1.82) is 0 Å². The summed E-state index contributed by atoms with van der Waals surface area (Å²) in [7, 11) is 0. The molecule has 0 radical (unpaired) electrons. The van der Waals surface area contributed by atoms with Crippen LogP contribution >= 0.6 is 11.8 Å². The zero-order chi connectivity index (χ0) is 17.9. The Labute approximate surface area is 155 Å². The minimum atomic E-state index is -1.05. The molecule has 2 atom stereocenters. The summed E-state index contributed by atoms with van der Waals surface area (Å²) in [6.45, 7) is 1.87. The van der Waals surface area contributed by atoms with E-state index in [2.05, 4.69) is 5.32 Å². The van der Waals surface area contributed by atoms with Crippen LogP contribution in [0.3, 0.4) is 0 Å². The number of amides is 2. The number of rotatable bonds is 1. The summed E-state index contributed by atoms with van der Waals surface area (Å²) < 4.78 is 0. The smallest absolute Gasteiger partial charge is 0.266 e. The second-order valence-electron chi connectivity index (χ2n) is 6.61. The second-order valence-corrected chi connectivity index (χ2v) is 8.14.